The van der Waals surface area contributed by atoms with Gasteiger partial charge in [0.1, 0.15) is 29.8 Å². The molecule has 0 saturated carbocycles. The number of carbonyl (C=O) groups is 1. The Morgan fingerprint density at radius 1 is 0.797 bits per heavy atom. The molecule has 19 heteroatoms. The van der Waals surface area contributed by atoms with Crippen molar-refractivity contribution in [3.8, 4) is 0 Å². The number of nitrogens with zero attached hydrogens (tertiary/aromatic N) is 9. The van der Waals surface area contributed by atoms with Gasteiger partial charge >= 0.3 is 5.97 Å². The average Bonchev–Trinajstić information content (AvgIpc) is 4.02. The lowest BCUT2D eigenvalue weighted by atomic mass is 10.1. The number of carbonyl (C=O) groups excluding carboxylic acids is 2. The lowest BCUT2D eigenvalue weighted by Gasteiger charge is -2.22. The minimum atomic E-state index is -0.668. The number of isocyanates is 1. The Hall–Kier alpha value is -5.17. The predicted octanol–water partition coefficient (Wildman–Crippen LogP) is 6.02. The van der Waals surface area contributed by atoms with Gasteiger partial charge in [0.15, 0.2) is 41.5 Å². The van der Waals surface area contributed by atoms with Crippen molar-refractivity contribution in [3.05, 3.63) is 97.1 Å². The smallest absolute Gasteiger partial charge is 0.306 e. The normalized spacial score (nSPS) is 23.3. The molecule has 5 N–H and O–H groups in total. The molecule has 0 aliphatic carbocycles. The van der Waals surface area contributed by atoms with Crippen LogP contribution in [0.5, 0.6) is 0 Å². The topological polar surface area (TPSA) is 234 Å². The second-order valence-corrected chi connectivity index (χ2v) is 15.4. The molecular formula is C40H47Br2N11O6. The molecule has 0 unspecified atom stereocenters. The van der Waals surface area contributed by atoms with Gasteiger partial charge in [0.05, 0.1) is 41.1 Å². The number of esters is 1. The first kappa shape index (κ1) is 44.9. The number of imidazole rings is 2. The average molecular weight is 938 g/mol. The fourth-order valence-electron chi connectivity index (χ4n) is 6.55. The highest BCUT2D eigenvalue weighted by atomic mass is 79.9. The molecule has 2 fully saturated rings. The molecule has 0 radical (unpaired) electrons. The number of benzene rings is 2. The third-order valence-electron chi connectivity index (χ3n) is 9.58. The second-order valence-electron chi connectivity index (χ2n) is 13.3. The molecule has 59 heavy (non-hydrogen) atoms. The van der Waals surface area contributed by atoms with E-state index in [1.807, 2.05) is 74.5 Å². The third kappa shape index (κ3) is 10.5. The van der Waals surface area contributed by atoms with E-state index in [9.17, 15) is 14.7 Å². The molecule has 8 atom stereocenters. The maximum atomic E-state index is 12.6. The summed E-state index contributed by atoms with van der Waals surface area (Å²) in [6.07, 6.45) is 7.52. The van der Waals surface area contributed by atoms with E-state index in [1.165, 1.54) is 18.7 Å². The number of hydrogen-bond donors (Lipinski definition) is 3. The minimum Gasteiger partial charge on any atom is -0.456 e. The van der Waals surface area contributed by atoms with E-state index in [4.69, 9.17) is 25.7 Å². The summed E-state index contributed by atoms with van der Waals surface area (Å²) >= 11 is 7.14. The summed E-state index contributed by atoms with van der Waals surface area (Å²) in [5.74, 6) is 0.344. The van der Waals surface area contributed by atoms with E-state index in [2.05, 4.69) is 66.8 Å². The number of nitrogens with two attached hydrogens (primary N) is 2. The number of alkyl halides is 2. The van der Waals surface area contributed by atoms with Crippen molar-refractivity contribution < 1.29 is 28.9 Å². The Balaban J connectivity index is 0.000000189. The number of ether oxygens (including phenoxy) is 3. The zero-order valence-electron chi connectivity index (χ0n) is 31.7. The van der Waals surface area contributed by atoms with Gasteiger partial charge in [-0.3, -0.25) is 13.9 Å². The van der Waals surface area contributed by atoms with Gasteiger partial charge in [0.25, 0.3) is 0 Å². The largest absolute Gasteiger partial charge is 0.456 e. The van der Waals surface area contributed by atoms with Crippen molar-refractivity contribution in [3.63, 3.8) is 0 Å². The third-order valence-corrected chi connectivity index (χ3v) is 11.8. The minimum absolute atomic E-state index is 0. The molecule has 312 valence electrons. The van der Waals surface area contributed by atoms with Gasteiger partial charge < -0.3 is 30.8 Å². The van der Waals surface area contributed by atoms with E-state index in [0.717, 1.165) is 24.0 Å². The van der Waals surface area contributed by atoms with Crippen LogP contribution in [-0.2, 0) is 36.8 Å². The number of aliphatic hydroxyl groups is 1. The number of aliphatic imine (C=N–C) groups is 1. The summed E-state index contributed by atoms with van der Waals surface area (Å²) in [5.41, 5.74) is 15.9. The van der Waals surface area contributed by atoms with E-state index in [0.29, 0.717) is 53.3 Å². The zero-order chi connectivity index (χ0) is 41.2. The van der Waals surface area contributed by atoms with Gasteiger partial charge in [0.2, 0.25) is 6.08 Å². The van der Waals surface area contributed by atoms with E-state index in [-0.39, 0.29) is 35.3 Å². The van der Waals surface area contributed by atoms with Crippen molar-refractivity contribution >= 4 is 77.9 Å². The molecule has 2 aliphatic heterocycles. The number of aliphatic hydroxyl groups excluding tert-OH is 1. The van der Waals surface area contributed by atoms with E-state index < -0.39 is 24.7 Å². The van der Waals surface area contributed by atoms with Crippen LogP contribution in [0, 0.1) is 0 Å². The maximum absolute atomic E-state index is 12.6. The fraction of sp³-hybridized carbons (Fsp3) is 0.400. The molecule has 17 nitrogen and oxygen atoms in total. The number of hydrogen-bond acceptors (Lipinski definition) is 15. The van der Waals surface area contributed by atoms with Crippen LogP contribution in [0.25, 0.3) is 22.3 Å². The first-order chi connectivity index (χ1) is 28.1. The predicted molar refractivity (Wildman–Crippen MR) is 229 cm³/mol. The standard InChI is InChI=1S/C20H22BrN5O3.C11H14BrN5O2.C8H7NO.CH4/c1-2-13-15(21)17(29-14(27)9-8-12-6-4-3-5-7-12)20(28-13)26-11-25-16-18(22)23-10-24-19(16)26;1-2-5-6(12)8(18)11(19-5)17-4-16-7-9(13)14-3-15-10(7)17;10-7-9-6-8-4-2-1-3-5-8;/h3-7,10-11,13,15,17,20H,2,8-9H2,1H3,(H2,22,23,24);3-6,8,11,18H,2H2,1H3,(H2,13,14,15);1-5H,6H2;1H4/t13-,15+,17-,20-;5-,6+,8-,11-;;/m11../s1. The Bertz CT molecular complexity index is 2310. The molecule has 2 aromatic carbocycles. The summed E-state index contributed by atoms with van der Waals surface area (Å²) < 4.78 is 21.4. The Kier molecular flexibility index (Phi) is 16.1. The highest BCUT2D eigenvalue weighted by Gasteiger charge is 2.47. The molecular weight excluding hydrogens is 890 g/mol. The molecule has 2 saturated heterocycles. The maximum Gasteiger partial charge on any atom is 0.306 e. The Morgan fingerprint density at radius 3 is 1.83 bits per heavy atom. The van der Waals surface area contributed by atoms with Gasteiger partial charge in [-0.1, -0.05) is 114 Å². The van der Waals surface area contributed by atoms with Crippen LogP contribution in [0.2, 0.25) is 0 Å². The molecule has 4 aromatic heterocycles. The zero-order valence-corrected chi connectivity index (χ0v) is 34.8. The summed E-state index contributed by atoms with van der Waals surface area (Å²) in [6, 6.07) is 19.4. The first-order valence-electron chi connectivity index (χ1n) is 18.6. The van der Waals surface area contributed by atoms with Gasteiger partial charge in [-0.25, -0.2) is 39.7 Å². The van der Waals surface area contributed by atoms with E-state index in [1.54, 1.807) is 21.8 Å². The SMILES string of the molecule is C.CC[C@H]1O[C@@H](n2cnc3c(N)ncnc32)[C@H](O)[C@H]1Br.CC[C@H]1O[C@@H](n2cnc3c(N)ncnc32)[C@H](OC(=O)CCc2ccccc2)[C@H]1Br.O=C=NCc1ccccc1. The molecule has 6 heterocycles. The lowest BCUT2D eigenvalue weighted by Crippen LogP contribution is -2.32. The van der Waals surface area contributed by atoms with Crippen molar-refractivity contribution in [2.75, 3.05) is 11.5 Å². The molecule has 0 amide bonds. The monoisotopic (exact) mass is 935 g/mol. The fourth-order valence-corrected chi connectivity index (χ4v) is 8.18. The second kappa shape index (κ2) is 21.2. The van der Waals surface area contributed by atoms with Crippen LogP contribution < -0.4 is 11.5 Å². The van der Waals surface area contributed by atoms with Crippen LogP contribution in [0.4, 0.5) is 11.6 Å². The number of aromatic nitrogens is 8. The molecule has 8 rings (SSSR count). The number of nitrogen functional groups attached to an aromatic ring is 2. The van der Waals surface area contributed by atoms with Crippen LogP contribution in [0.1, 0.15) is 64.1 Å². The van der Waals surface area contributed by atoms with E-state index >= 15 is 0 Å². The van der Waals surface area contributed by atoms with Gasteiger partial charge in [0, 0.05) is 6.42 Å². The number of fused-ring (bicyclic) bond motifs is 2. The number of anilines is 2. The van der Waals surface area contributed by atoms with Gasteiger partial charge in [-0.2, -0.15) is 0 Å². The molecule has 0 bridgehead atoms. The number of aryl methyl sites for hydroxylation is 1. The summed E-state index contributed by atoms with van der Waals surface area (Å²) in [7, 11) is 0. The van der Waals surface area contributed by atoms with Crippen LogP contribution >= 0.6 is 31.9 Å². The highest BCUT2D eigenvalue weighted by molar-refractivity contribution is 9.09. The van der Waals surface area contributed by atoms with Crippen LogP contribution in [-0.4, -0.2) is 90.3 Å². The van der Waals surface area contributed by atoms with Crippen molar-refractivity contribution in [1.29, 1.82) is 0 Å². The quantitative estimate of drug-likeness (QED) is 0.0617. The number of rotatable bonds is 10. The van der Waals surface area contributed by atoms with Crippen molar-refractivity contribution in [1.82, 2.24) is 39.0 Å². The first-order valence-corrected chi connectivity index (χ1v) is 20.4. The van der Waals surface area contributed by atoms with Crippen LogP contribution in [0.15, 0.2) is 91.0 Å². The Morgan fingerprint density at radius 2 is 1.31 bits per heavy atom. The van der Waals surface area contributed by atoms with Crippen molar-refractivity contribution in [2.45, 2.75) is 100 Å². The molecule has 6 aromatic rings. The summed E-state index contributed by atoms with van der Waals surface area (Å²) in [6.45, 7) is 4.48. The van der Waals surface area contributed by atoms with Crippen molar-refractivity contribution in [2.24, 2.45) is 4.99 Å². The highest BCUT2D eigenvalue weighted by Crippen LogP contribution is 2.39. The van der Waals surface area contributed by atoms with Gasteiger partial charge in [-0.05, 0) is 30.4 Å². The lowest BCUT2D eigenvalue weighted by molar-refractivity contribution is -0.154. The Labute approximate surface area is 357 Å². The van der Waals surface area contributed by atoms with Gasteiger partial charge in [-0.15, -0.1) is 0 Å². The number of halogens is 2. The summed E-state index contributed by atoms with van der Waals surface area (Å²) in [5, 5.41) is 10.3. The molecule has 0 spiro atoms. The van der Waals surface area contributed by atoms with Crippen LogP contribution in [0.3, 0.4) is 0 Å². The summed E-state index contributed by atoms with van der Waals surface area (Å²) in [4.78, 5) is 50.2. The molecule has 2 aliphatic rings.